The van der Waals surface area contributed by atoms with Gasteiger partial charge in [0.2, 0.25) is 11.8 Å². The Morgan fingerprint density at radius 3 is 2.27 bits per heavy atom. The maximum atomic E-state index is 12.6. The largest absolute Gasteiger partial charge is 0.481 e. The van der Waals surface area contributed by atoms with E-state index in [1.807, 2.05) is 36.4 Å². The molecule has 0 fully saturated rings. The van der Waals surface area contributed by atoms with Crippen LogP contribution in [0.25, 0.3) is 10.2 Å². The third-order valence-corrected chi connectivity index (χ3v) is 5.94. The summed E-state index contributed by atoms with van der Waals surface area (Å²) in [6, 6.07) is 12.8. The van der Waals surface area contributed by atoms with E-state index in [9.17, 15) is 19.2 Å². The first-order chi connectivity index (χ1) is 15.6. The summed E-state index contributed by atoms with van der Waals surface area (Å²) in [5, 5.41) is 9.42. The van der Waals surface area contributed by atoms with Crippen LogP contribution in [-0.4, -0.2) is 33.7 Å². The molecule has 0 atom stereocenters. The van der Waals surface area contributed by atoms with Crippen molar-refractivity contribution in [1.29, 1.82) is 0 Å². The molecule has 0 unspecified atom stereocenters. The van der Waals surface area contributed by atoms with Crippen molar-refractivity contribution in [3.05, 3.63) is 57.5 Å². The molecule has 0 saturated carbocycles. The number of carboxylic acid groups (broad SMARTS) is 1. The van der Waals surface area contributed by atoms with Crippen molar-refractivity contribution in [2.75, 3.05) is 4.90 Å². The summed E-state index contributed by atoms with van der Waals surface area (Å²) in [4.78, 5) is 49.2. The molecular formula is C22H21Cl2N3O5S. The van der Waals surface area contributed by atoms with Crippen molar-refractivity contribution in [3.63, 3.8) is 0 Å². The molecule has 2 aromatic carbocycles. The summed E-state index contributed by atoms with van der Waals surface area (Å²) in [5.74, 6) is -2.08. The molecule has 8 nitrogen and oxygen atoms in total. The van der Waals surface area contributed by atoms with Gasteiger partial charge in [0.15, 0.2) is 0 Å². The van der Waals surface area contributed by atoms with Crippen molar-refractivity contribution in [1.82, 2.24) is 4.98 Å². The molecule has 174 valence electrons. The molecule has 3 aromatic rings. The number of para-hydroxylation sites is 1. The number of anilines is 1. The van der Waals surface area contributed by atoms with Crippen LogP contribution in [0.15, 0.2) is 42.5 Å². The van der Waals surface area contributed by atoms with Gasteiger partial charge in [0, 0.05) is 18.5 Å². The van der Waals surface area contributed by atoms with E-state index in [0.29, 0.717) is 15.6 Å². The Morgan fingerprint density at radius 2 is 1.73 bits per heavy atom. The number of hydrogen-bond donors (Lipinski definition) is 2. The molecule has 0 bridgehead atoms. The van der Waals surface area contributed by atoms with E-state index in [2.05, 4.69) is 4.98 Å². The Labute approximate surface area is 203 Å². The monoisotopic (exact) mass is 509 g/mol. The average molecular weight is 510 g/mol. The van der Waals surface area contributed by atoms with Crippen LogP contribution in [0.1, 0.15) is 31.2 Å². The number of fused-ring (bicyclic) bond motifs is 1. The van der Waals surface area contributed by atoms with Crippen LogP contribution in [0.5, 0.6) is 0 Å². The second-order valence-electron chi connectivity index (χ2n) is 6.87. The Morgan fingerprint density at radius 1 is 1.06 bits per heavy atom. The van der Waals surface area contributed by atoms with Crippen molar-refractivity contribution < 1.29 is 24.3 Å². The highest BCUT2D eigenvalue weighted by Gasteiger charge is 2.19. The number of rotatable bonds is 8. The van der Waals surface area contributed by atoms with E-state index < -0.39 is 11.9 Å². The van der Waals surface area contributed by atoms with Crippen molar-refractivity contribution in [2.45, 2.75) is 32.7 Å². The van der Waals surface area contributed by atoms with Crippen molar-refractivity contribution >= 4 is 74.0 Å². The fourth-order valence-electron chi connectivity index (χ4n) is 2.70. The molecule has 33 heavy (non-hydrogen) atoms. The zero-order chi connectivity index (χ0) is 24.5. The minimum atomic E-state index is -1.06. The fraction of sp³-hybridized carbons (Fsp3) is 0.227. The number of aromatic nitrogens is 1. The fourth-order valence-corrected chi connectivity index (χ4v) is 4.08. The van der Waals surface area contributed by atoms with Crippen LogP contribution in [0, 0.1) is 0 Å². The Hall–Kier alpha value is -3.01. The smallest absolute Gasteiger partial charge is 0.310 e. The lowest BCUT2D eigenvalue weighted by atomic mass is 10.2. The molecule has 2 amide bonds. The predicted octanol–water partition coefficient (Wildman–Crippen LogP) is 4.45. The molecule has 1 heterocycles. The maximum Gasteiger partial charge on any atom is 0.310 e. The molecule has 3 N–H and O–H groups in total. The van der Waals surface area contributed by atoms with Gasteiger partial charge < -0.3 is 15.7 Å². The molecule has 0 aliphatic rings. The number of halogens is 2. The van der Waals surface area contributed by atoms with Gasteiger partial charge in [-0.15, -0.1) is 11.3 Å². The van der Waals surface area contributed by atoms with Gasteiger partial charge in [-0.25, -0.2) is 4.98 Å². The quantitative estimate of drug-likeness (QED) is 0.431. The summed E-state index contributed by atoms with van der Waals surface area (Å²) in [5.41, 5.74) is 6.52. The van der Waals surface area contributed by atoms with Crippen LogP contribution in [0.2, 0.25) is 10.0 Å². The van der Waals surface area contributed by atoms with E-state index in [1.54, 1.807) is 11.0 Å². The predicted molar refractivity (Wildman–Crippen MR) is 129 cm³/mol. The molecule has 0 aliphatic heterocycles. The van der Waals surface area contributed by atoms with Gasteiger partial charge in [0.05, 0.1) is 21.3 Å². The summed E-state index contributed by atoms with van der Waals surface area (Å²) < 4.78 is 0.895. The second-order valence-corrected chi connectivity index (χ2v) is 8.77. The third kappa shape index (κ3) is 8.12. The van der Waals surface area contributed by atoms with E-state index in [1.165, 1.54) is 18.3 Å². The van der Waals surface area contributed by atoms with Crippen molar-refractivity contribution in [3.8, 4) is 0 Å². The van der Waals surface area contributed by atoms with E-state index in [-0.39, 0.29) is 37.5 Å². The third-order valence-electron chi connectivity index (χ3n) is 4.14. The number of aliphatic carboxylic acids is 1. The first kappa shape index (κ1) is 26.2. The van der Waals surface area contributed by atoms with Gasteiger partial charge in [0.25, 0.3) is 0 Å². The second kappa shape index (κ2) is 12.3. The zero-order valence-corrected chi connectivity index (χ0v) is 19.9. The van der Waals surface area contributed by atoms with Crippen LogP contribution >= 0.6 is 34.5 Å². The molecule has 0 saturated heterocycles. The number of hydrogen-bond acceptors (Lipinski definition) is 6. The number of carbonyl (C=O) groups excluding carboxylic acids is 3. The number of ketones is 1. The molecular weight excluding hydrogens is 489 g/mol. The number of benzene rings is 2. The van der Waals surface area contributed by atoms with E-state index in [4.69, 9.17) is 34.0 Å². The van der Waals surface area contributed by atoms with Crippen molar-refractivity contribution in [2.24, 2.45) is 5.73 Å². The minimum absolute atomic E-state index is 0.00342. The van der Waals surface area contributed by atoms with Crippen LogP contribution in [0.3, 0.4) is 0 Å². The number of Topliss-reactive ketones (excluding diaryl/α,β-unsaturated/α-hetero) is 1. The molecule has 11 heteroatoms. The number of amides is 2. The first-order valence-corrected chi connectivity index (χ1v) is 11.2. The summed E-state index contributed by atoms with van der Waals surface area (Å²) in [6.07, 6.45) is -0.314. The first-order valence-electron chi connectivity index (χ1n) is 9.66. The number of thiazole rings is 1. The molecule has 1 aromatic heterocycles. The van der Waals surface area contributed by atoms with Crippen LogP contribution in [-0.2, 0) is 25.7 Å². The molecule has 0 radical (unpaired) electrons. The van der Waals surface area contributed by atoms with Gasteiger partial charge in [-0.2, -0.15) is 0 Å². The Bertz CT molecular complexity index is 1160. The zero-order valence-electron chi connectivity index (χ0n) is 17.6. The molecule has 0 aliphatic carbocycles. The van der Waals surface area contributed by atoms with Gasteiger partial charge in [-0.3, -0.25) is 19.2 Å². The number of carbonyl (C=O) groups is 4. The minimum Gasteiger partial charge on any atom is -0.481 e. The Kier molecular flexibility index (Phi) is 9.77. The highest BCUT2D eigenvalue weighted by atomic mass is 35.5. The Balaban J connectivity index is 0.000000479. The normalized spacial score (nSPS) is 10.3. The summed E-state index contributed by atoms with van der Waals surface area (Å²) in [6.45, 7) is 1.52. The highest BCUT2D eigenvalue weighted by molar-refractivity contribution is 7.18. The van der Waals surface area contributed by atoms with E-state index >= 15 is 0 Å². The maximum absolute atomic E-state index is 12.6. The van der Waals surface area contributed by atoms with Crippen LogP contribution in [0.4, 0.5) is 5.69 Å². The van der Waals surface area contributed by atoms with Gasteiger partial charge in [0.1, 0.15) is 22.7 Å². The summed E-state index contributed by atoms with van der Waals surface area (Å²) >= 11 is 13.7. The number of nitrogens with two attached hydrogens (primary N) is 1. The topological polar surface area (TPSA) is 131 Å². The van der Waals surface area contributed by atoms with Gasteiger partial charge in [-0.1, -0.05) is 41.4 Å². The highest BCUT2D eigenvalue weighted by Crippen LogP contribution is 2.34. The van der Waals surface area contributed by atoms with E-state index in [0.717, 1.165) is 15.4 Å². The lowest BCUT2D eigenvalue weighted by Crippen LogP contribution is -2.31. The lowest BCUT2D eigenvalue weighted by Gasteiger charge is -2.21. The number of nitrogens with zero attached hydrogens (tertiary/aromatic N) is 2. The van der Waals surface area contributed by atoms with Gasteiger partial charge in [-0.05, 0) is 31.2 Å². The molecule has 0 spiro atoms. The average Bonchev–Trinajstić information content (AvgIpc) is 3.16. The standard InChI is InChI=1S/C18H15Cl2N3O2S.C4H6O3/c19-12-6-7-13-18(17(12)20)22-15(26-13)10-23(11-4-2-1-3-5-11)16(25)9-8-14(21)24;1-3(5)2-4(6)7/h1-7H,8-10H2,(H2,21,24);2H2,1H3,(H,6,7). The lowest BCUT2D eigenvalue weighted by molar-refractivity contribution is -0.139. The number of carboxylic acids is 1. The van der Waals surface area contributed by atoms with Crippen LogP contribution < -0.4 is 10.6 Å². The number of primary amides is 1. The SMILES string of the molecule is CC(=O)CC(=O)O.NC(=O)CCC(=O)N(Cc1nc2c(Cl)c(Cl)ccc2s1)c1ccccc1. The summed E-state index contributed by atoms with van der Waals surface area (Å²) in [7, 11) is 0. The molecule has 3 rings (SSSR count). The van der Waals surface area contributed by atoms with Gasteiger partial charge >= 0.3 is 5.97 Å².